The summed E-state index contributed by atoms with van der Waals surface area (Å²) in [6.07, 6.45) is 6.38. The zero-order valence-electron chi connectivity index (χ0n) is 12.5. The standard InChI is InChI=1S/C15H24N2O2/c1-7-9-11(5)17-12(10(3)4)13(18)16-15(6,8-2)14(17)19/h1,10-12H,8-9H2,2-6H3,(H,16,18). The van der Waals surface area contributed by atoms with Gasteiger partial charge in [0.25, 0.3) is 0 Å². The van der Waals surface area contributed by atoms with Gasteiger partial charge in [-0.05, 0) is 26.2 Å². The molecule has 0 saturated carbocycles. The van der Waals surface area contributed by atoms with Crippen LogP contribution in [0.4, 0.5) is 0 Å². The lowest BCUT2D eigenvalue weighted by molar-refractivity contribution is -0.158. The number of nitrogens with zero attached hydrogens (tertiary/aromatic N) is 1. The van der Waals surface area contributed by atoms with Gasteiger partial charge in [-0.15, -0.1) is 12.3 Å². The molecule has 1 rings (SSSR count). The first-order valence-electron chi connectivity index (χ1n) is 6.86. The van der Waals surface area contributed by atoms with Crippen LogP contribution >= 0.6 is 0 Å². The maximum absolute atomic E-state index is 12.7. The van der Waals surface area contributed by atoms with Crippen molar-refractivity contribution >= 4 is 11.8 Å². The third kappa shape index (κ3) is 2.75. The quantitative estimate of drug-likeness (QED) is 0.783. The highest BCUT2D eigenvalue weighted by atomic mass is 16.2. The minimum atomic E-state index is -0.814. The van der Waals surface area contributed by atoms with Gasteiger partial charge in [-0.1, -0.05) is 20.8 Å². The molecule has 0 aromatic heterocycles. The molecule has 0 radical (unpaired) electrons. The molecule has 0 aromatic carbocycles. The highest BCUT2D eigenvalue weighted by Crippen LogP contribution is 2.27. The molecule has 1 N–H and O–H groups in total. The number of amides is 2. The molecule has 0 aliphatic carbocycles. The number of nitrogens with one attached hydrogen (secondary N) is 1. The van der Waals surface area contributed by atoms with Crippen LogP contribution in [0.3, 0.4) is 0 Å². The zero-order chi connectivity index (χ0) is 14.8. The summed E-state index contributed by atoms with van der Waals surface area (Å²) in [5.74, 6) is 2.53. The van der Waals surface area contributed by atoms with E-state index in [-0.39, 0.29) is 23.8 Å². The van der Waals surface area contributed by atoms with E-state index in [1.807, 2.05) is 27.7 Å². The topological polar surface area (TPSA) is 49.4 Å². The second kappa shape index (κ2) is 5.64. The molecule has 4 heteroatoms. The normalized spacial score (nSPS) is 29.1. The zero-order valence-corrected chi connectivity index (χ0v) is 12.5. The van der Waals surface area contributed by atoms with Gasteiger partial charge in [-0.3, -0.25) is 9.59 Å². The van der Waals surface area contributed by atoms with E-state index in [1.54, 1.807) is 11.8 Å². The number of rotatable bonds is 4. The third-order valence-corrected chi connectivity index (χ3v) is 3.90. The van der Waals surface area contributed by atoms with Crippen LogP contribution < -0.4 is 5.32 Å². The fourth-order valence-electron chi connectivity index (χ4n) is 2.54. The van der Waals surface area contributed by atoms with Crippen LogP contribution in [0.1, 0.15) is 47.5 Å². The number of carbonyl (C=O) groups excluding carboxylic acids is 2. The second-order valence-electron chi connectivity index (χ2n) is 5.83. The summed E-state index contributed by atoms with van der Waals surface area (Å²) in [7, 11) is 0. The molecule has 1 fully saturated rings. The summed E-state index contributed by atoms with van der Waals surface area (Å²) in [6.45, 7) is 9.47. The summed E-state index contributed by atoms with van der Waals surface area (Å²) in [4.78, 5) is 26.7. The summed E-state index contributed by atoms with van der Waals surface area (Å²) >= 11 is 0. The van der Waals surface area contributed by atoms with Crippen molar-refractivity contribution in [2.75, 3.05) is 0 Å². The van der Waals surface area contributed by atoms with Gasteiger partial charge in [0.15, 0.2) is 0 Å². The van der Waals surface area contributed by atoms with Crippen molar-refractivity contribution in [2.24, 2.45) is 5.92 Å². The summed E-state index contributed by atoms with van der Waals surface area (Å²) in [6, 6.07) is -0.558. The molecule has 1 saturated heterocycles. The van der Waals surface area contributed by atoms with Crippen molar-refractivity contribution < 1.29 is 9.59 Å². The van der Waals surface area contributed by atoms with E-state index in [0.717, 1.165) is 0 Å². The molecule has 0 aromatic rings. The molecule has 4 nitrogen and oxygen atoms in total. The van der Waals surface area contributed by atoms with E-state index in [4.69, 9.17) is 6.42 Å². The molecule has 106 valence electrons. The molecule has 3 unspecified atom stereocenters. The molecule has 0 spiro atoms. The fraction of sp³-hybridized carbons (Fsp3) is 0.733. The van der Waals surface area contributed by atoms with Gasteiger partial charge in [0.2, 0.25) is 11.8 Å². The Bertz CT molecular complexity index is 411. The van der Waals surface area contributed by atoms with Crippen molar-refractivity contribution in [1.82, 2.24) is 10.2 Å². The molecule has 1 heterocycles. The summed E-state index contributed by atoms with van der Waals surface area (Å²) in [5, 5.41) is 2.87. The minimum absolute atomic E-state index is 0.0314. The van der Waals surface area contributed by atoms with Crippen LogP contribution in [-0.2, 0) is 9.59 Å². The monoisotopic (exact) mass is 264 g/mol. The van der Waals surface area contributed by atoms with Gasteiger partial charge < -0.3 is 10.2 Å². The van der Waals surface area contributed by atoms with E-state index in [0.29, 0.717) is 12.8 Å². The SMILES string of the molecule is C#CCC(C)N1C(=O)C(C)(CC)NC(=O)C1C(C)C. The van der Waals surface area contributed by atoms with Crippen molar-refractivity contribution in [3.05, 3.63) is 0 Å². The van der Waals surface area contributed by atoms with Crippen molar-refractivity contribution in [3.63, 3.8) is 0 Å². The Labute approximate surface area is 115 Å². The van der Waals surface area contributed by atoms with Crippen molar-refractivity contribution in [1.29, 1.82) is 0 Å². The van der Waals surface area contributed by atoms with Gasteiger partial charge in [0.05, 0.1) is 0 Å². The maximum atomic E-state index is 12.7. The van der Waals surface area contributed by atoms with E-state index in [9.17, 15) is 9.59 Å². The van der Waals surface area contributed by atoms with Gasteiger partial charge >= 0.3 is 0 Å². The van der Waals surface area contributed by atoms with Gasteiger partial charge in [-0.25, -0.2) is 0 Å². The average molecular weight is 264 g/mol. The van der Waals surface area contributed by atoms with E-state index >= 15 is 0 Å². The van der Waals surface area contributed by atoms with Crippen molar-refractivity contribution in [3.8, 4) is 12.3 Å². The average Bonchev–Trinajstić information content (AvgIpc) is 2.33. The van der Waals surface area contributed by atoms with Crippen LogP contribution in [-0.4, -0.2) is 34.3 Å². The van der Waals surface area contributed by atoms with Crippen LogP contribution in [0.15, 0.2) is 0 Å². The Kier molecular flexibility index (Phi) is 4.62. The summed E-state index contributed by atoms with van der Waals surface area (Å²) < 4.78 is 0. The van der Waals surface area contributed by atoms with Crippen LogP contribution in [0.25, 0.3) is 0 Å². The number of carbonyl (C=O) groups is 2. The smallest absolute Gasteiger partial charge is 0.248 e. The van der Waals surface area contributed by atoms with Crippen LogP contribution in [0.2, 0.25) is 0 Å². The lowest BCUT2D eigenvalue weighted by Crippen LogP contribution is -2.71. The third-order valence-electron chi connectivity index (χ3n) is 3.90. The first kappa shape index (κ1) is 15.6. The predicted octanol–water partition coefficient (Wildman–Crippen LogP) is 1.55. The molecular weight excluding hydrogens is 240 g/mol. The van der Waals surface area contributed by atoms with E-state index in [1.165, 1.54) is 0 Å². The van der Waals surface area contributed by atoms with Crippen LogP contribution in [0.5, 0.6) is 0 Å². The van der Waals surface area contributed by atoms with Crippen LogP contribution in [0, 0.1) is 18.3 Å². The highest BCUT2D eigenvalue weighted by Gasteiger charge is 2.49. The molecule has 19 heavy (non-hydrogen) atoms. The Morgan fingerprint density at radius 3 is 2.42 bits per heavy atom. The number of terminal acetylenes is 1. The lowest BCUT2D eigenvalue weighted by Gasteiger charge is -2.47. The Hall–Kier alpha value is -1.50. The van der Waals surface area contributed by atoms with Gasteiger partial charge in [0, 0.05) is 12.5 Å². The molecule has 1 aliphatic heterocycles. The van der Waals surface area contributed by atoms with E-state index < -0.39 is 11.6 Å². The first-order valence-corrected chi connectivity index (χ1v) is 6.86. The molecule has 2 amide bonds. The molecule has 1 aliphatic rings. The molecule has 3 atom stereocenters. The molecular formula is C15H24N2O2. The second-order valence-corrected chi connectivity index (χ2v) is 5.83. The predicted molar refractivity (Wildman–Crippen MR) is 75.2 cm³/mol. The fourth-order valence-corrected chi connectivity index (χ4v) is 2.54. The molecule has 0 bridgehead atoms. The summed E-state index contributed by atoms with van der Waals surface area (Å²) in [5.41, 5.74) is -0.814. The number of hydrogen-bond donors (Lipinski definition) is 1. The largest absolute Gasteiger partial charge is 0.340 e. The minimum Gasteiger partial charge on any atom is -0.340 e. The van der Waals surface area contributed by atoms with Gasteiger partial charge in [-0.2, -0.15) is 0 Å². The number of hydrogen-bond acceptors (Lipinski definition) is 2. The highest BCUT2D eigenvalue weighted by molar-refractivity contribution is 5.99. The van der Waals surface area contributed by atoms with E-state index in [2.05, 4.69) is 11.2 Å². The Balaban J connectivity index is 3.18. The van der Waals surface area contributed by atoms with Crippen molar-refractivity contribution in [2.45, 2.75) is 65.1 Å². The Morgan fingerprint density at radius 1 is 1.42 bits per heavy atom. The maximum Gasteiger partial charge on any atom is 0.248 e. The number of piperazine rings is 1. The first-order chi connectivity index (χ1) is 8.78. The Morgan fingerprint density at radius 2 is 2.00 bits per heavy atom. The lowest BCUT2D eigenvalue weighted by atomic mass is 9.87. The van der Waals surface area contributed by atoms with Gasteiger partial charge in [0.1, 0.15) is 11.6 Å².